The number of hydrogen-bond donors (Lipinski definition) is 3. The molecule has 98 valence electrons. The number of amides is 3. The maximum atomic E-state index is 11.3. The first-order valence-electron chi connectivity index (χ1n) is 5.73. The maximum Gasteiger partial charge on any atom is 0.318 e. The zero-order valence-electron chi connectivity index (χ0n) is 10.9. The number of anilines is 1. The Kier molecular flexibility index (Phi) is 4.31. The molecule has 0 bridgehead atoms. The van der Waals surface area contributed by atoms with Crippen LogP contribution in [0.5, 0.6) is 0 Å². The van der Waals surface area contributed by atoms with E-state index in [1.165, 1.54) is 0 Å². The largest absolute Gasteiger partial charge is 0.376 e. The molecular weight excluding hydrogens is 230 g/mol. The summed E-state index contributed by atoms with van der Waals surface area (Å²) < 4.78 is 0. The Hall–Kier alpha value is -2.04. The van der Waals surface area contributed by atoms with Crippen molar-refractivity contribution in [2.75, 3.05) is 11.9 Å². The van der Waals surface area contributed by atoms with E-state index in [0.29, 0.717) is 0 Å². The van der Waals surface area contributed by atoms with Gasteiger partial charge in [0, 0.05) is 5.69 Å². The third kappa shape index (κ3) is 4.08. The first kappa shape index (κ1) is 14.0. The van der Waals surface area contributed by atoms with Crippen molar-refractivity contribution >= 4 is 17.6 Å². The average Bonchev–Trinajstić information content (AvgIpc) is 2.24. The van der Waals surface area contributed by atoms with E-state index in [1.807, 2.05) is 29.6 Å². The van der Waals surface area contributed by atoms with Crippen LogP contribution in [-0.2, 0) is 10.2 Å². The van der Waals surface area contributed by atoms with Gasteiger partial charge in [0.1, 0.15) is 0 Å². The summed E-state index contributed by atoms with van der Waals surface area (Å²) in [6.45, 7) is 6.29. The van der Waals surface area contributed by atoms with Gasteiger partial charge >= 0.3 is 6.03 Å². The lowest BCUT2D eigenvalue weighted by molar-refractivity contribution is -0.118. The minimum atomic E-state index is -0.842. The summed E-state index contributed by atoms with van der Waals surface area (Å²) in [5.41, 5.74) is 6.83. The summed E-state index contributed by atoms with van der Waals surface area (Å²) in [5.74, 6) is -0.453. The first-order chi connectivity index (χ1) is 8.30. The van der Waals surface area contributed by atoms with Crippen molar-refractivity contribution in [1.82, 2.24) is 5.32 Å². The third-order valence-electron chi connectivity index (χ3n) is 2.44. The second-order valence-corrected chi connectivity index (χ2v) is 5.06. The van der Waals surface area contributed by atoms with Crippen LogP contribution in [0.2, 0.25) is 0 Å². The maximum absolute atomic E-state index is 11.3. The van der Waals surface area contributed by atoms with E-state index in [0.717, 1.165) is 11.3 Å². The normalized spacial score (nSPS) is 10.8. The average molecular weight is 249 g/mol. The van der Waals surface area contributed by atoms with Gasteiger partial charge in [0.2, 0.25) is 5.91 Å². The highest BCUT2D eigenvalue weighted by Crippen LogP contribution is 2.28. The lowest BCUT2D eigenvalue weighted by Gasteiger charge is -2.23. The number of urea groups is 1. The number of rotatable bonds is 3. The molecule has 18 heavy (non-hydrogen) atoms. The quantitative estimate of drug-likeness (QED) is 0.760. The van der Waals surface area contributed by atoms with Crippen LogP contribution in [0.1, 0.15) is 26.3 Å². The number of carbonyl (C=O) groups excluding carboxylic acids is 2. The van der Waals surface area contributed by atoms with Gasteiger partial charge in [-0.25, -0.2) is 4.79 Å². The highest BCUT2D eigenvalue weighted by molar-refractivity contribution is 5.95. The van der Waals surface area contributed by atoms with Gasteiger partial charge in [-0.3, -0.25) is 10.1 Å². The molecule has 0 atom stereocenters. The highest BCUT2D eigenvalue weighted by atomic mass is 16.2. The van der Waals surface area contributed by atoms with Crippen molar-refractivity contribution in [3.05, 3.63) is 29.8 Å². The monoisotopic (exact) mass is 249 g/mol. The van der Waals surface area contributed by atoms with Crippen LogP contribution in [0.15, 0.2) is 24.3 Å². The Morgan fingerprint density at radius 3 is 2.39 bits per heavy atom. The SMILES string of the molecule is CC(C)(C)c1ccccc1NCC(=O)NC(N)=O. The van der Waals surface area contributed by atoms with Crippen molar-refractivity contribution in [2.24, 2.45) is 5.73 Å². The molecule has 0 fully saturated rings. The number of nitrogens with one attached hydrogen (secondary N) is 2. The van der Waals surface area contributed by atoms with Gasteiger partial charge in [-0.15, -0.1) is 0 Å². The highest BCUT2D eigenvalue weighted by Gasteiger charge is 2.17. The number of hydrogen-bond acceptors (Lipinski definition) is 3. The van der Waals surface area contributed by atoms with Crippen LogP contribution in [-0.4, -0.2) is 18.5 Å². The van der Waals surface area contributed by atoms with Crippen LogP contribution >= 0.6 is 0 Å². The van der Waals surface area contributed by atoms with Crippen LogP contribution < -0.4 is 16.4 Å². The third-order valence-corrected chi connectivity index (χ3v) is 2.44. The van der Waals surface area contributed by atoms with Gasteiger partial charge in [-0.2, -0.15) is 0 Å². The molecule has 0 heterocycles. The number of nitrogens with two attached hydrogens (primary N) is 1. The van der Waals surface area contributed by atoms with Gasteiger partial charge in [-0.05, 0) is 17.0 Å². The van der Waals surface area contributed by atoms with Crippen molar-refractivity contribution < 1.29 is 9.59 Å². The van der Waals surface area contributed by atoms with Gasteiger partial charge in [-0.1, -0.05) is 39.0 Å². The van der Waals surface area contributed by atoms with Crippen LogP contribution in [0.3, 0.4) is 0 Å². The molecule has 0 aliphatic rings. The lowest BCUT2D eigenvalue weighted by Crippen LogP contribution is -2.38. The van der Waals surface area contributed by atoms with Gasteiger partial charge in [0.25, 0.3) is 0 Å². The van der Waals surface area contributed by atoms with Crippen molar-refractivity contribution in [2.45, 2.75) is 26.2 Å². The Bertz CT molecular complexity index is 450. The van der Waals surface area contributed by atoms with E-state index in [2.05, 4.69) is 26.1 Å². The molecule has 4 N–H and O–H groups in total. The van der Waals surface area contributed by atoms with Gasteiger partial charge in [0.05, 0.1) is 6.54 Å². The molecule has 0 saturated carbocycles. The number of para-hydroxylation sites is 1. The molecule has 0 saturated heterocycles. The summed E-state index contributed by atoms with van der Waals surface area (Å²) in [6.07, 6.45) is 0. The van der Waals surface area contributed by atoms with Crippen LogP contribution in [0, 0.1) is 0 Å². The molecule has 1 aromatic carbocycles. The molecule has 3 amide bonds. The Balaban J connectivity index is 2.74. The fourth-order valence-electron chi connectivity index (χ4n) is 1.65. The minimum absolute atomic E-state index is 0.00995. The zero-order chi connectivity index (χ0) is 13.8. The lowest BCUT2D eigenvalue weighted by atomic mass is 9.86. The van der Waals surface area contributed by atoms with Gasteiger partial charge in [0.15, 0.2) is 0 Å². The second-order valence-electron chi connectivity index (χ2n) is 5.06. The molecule has 1 rings (SSSR count). The molecule has 1 aromatic rings. The molecule has 0 aliphatic carbocycles. The molecule has 0 radical (unpaired) electrons. The molecule has 0 spiro atoms. The summed E-state index contributed by atoms with van der Waals surface area (Å²) in [4.78, 5) is 21.8. The Morgan fingerprint density at radius 2 is 1.83 bits per heavy atom. The van der Waals surface area contributed by atoms with E-state index in [-0.39, 0.29) is 12.0 Å². The Labute approximate surface area is 107 Å². The fraction of sp³-hybridized carbons (Fsp3) is 0.385. The summed E-state index contributed by atoms with van der Waals surface area (Å²) >= 11 is 0. The van der Waals surface area contributed by atoms with E-state index in [1.54, 1.807) is 0 Å². The fourth-order valence-corrected chi connectivity index (χ4v) is 1.65. The van der Waals surface area contributed by atoms with Crippen LogP contribution in [0.25, 0.3) is 0 Å². The minimum Gasteiger partial charge on any atom is -0.376 e. The topological polar surface area (TPSA) is 84.2 Å². The van der Waals surface area contributed by atoms with Crippen molar-refractivity contribution in [1.29, 1.82) is 0 Å². The van der Waals surface area contributed by atoms with E-state index < -0.39 is 11.9 Å². The molecule has 0 aliphatic heterocycles. The molecule has 5 nitrogen and oxygen atoms in total. The summed E-state index contributed by atoms with van der Waals surface area (Å²) in [7, 11) is 0. The predicted molar refractivity (Wildman–Crippen MR) is 71.4 cm³/mol. The molecule has 0 aromatic heterocycles. The summed E-state index contributed by atoms with van der Waals surface area (Å²) in [6, 6.07) is 6.91. The van der Waals surface area contributed by atoms with Crippen molar-refractivity contribution in [3.63, 3.8) is 0 Å². The predicted octanol–water partition coefficient (Wildman–Crippen LogP) is 1.59. The first-order valence-corrected chi connectivity index (χ1v) is 5.73. The van der Waals surface area contributed by atoms with E-state index >= 15 is 0 Å². The summed E-state index contributed by atoms with van der Waals surface area (Å²) in [5, 5.41) is 5.01. The Morgan fingerprint density at radius 1 is 1.22 bits per heavy atom. The standard InChI is InChI=1S/C13H19N3O2/c1-13(2,3)9-6-4-5-7-10(9)15-8-11(17)16-12(14)18/h4-7,15H,8H2,1-3H3,(H3,14,16,17,18). The second kappa shape index (κ2) is 5.53. The molecule has 0 unspecified atom stereocenters. The van der Waals surface area contributed by atoms with Crippen LogP contribution in [0.4, 0.5) is 10.5 Å². The number of imide groups is 1. The van der Waals surface area contributed by atoms with Crippen molar-refractivity contribution in [3.8, 4) is 0 Å². The van der Waals surface area contributed by atoms with Gasteiger partial charge < -0.3 is 11.1 Å². The number of benzene rings is 1. The molecule has 5 heteroatoms. The number of carbonyl (C=O) groups is 2. The number of primary amides is 1. The smallest absolute Gasteiger partial charge is 0.318 e. The molecular formula is C13H19N3O2. The van der Waals surface area contributed by atoms with E-state index in [4.69, 9.17) is 5.73 Å². The van der Waals surface area contributed by atoms with E-state index in [9.17, 15) is 9.59 Å². The zero-order valence-corrected chi connectivity index (χ0v) is 10.9.